The van der Waals surface area contributed by atoms with Crippen LogP contribution < -0.4 is 0 Å². The SMILES string of the molecule is CCN(C(=O)OC(C)(C)C)N1[C@H](c2ccccc2)[C@@H]1c1ccccc1. The molecule has 25 heavy (non-hydrogen) atoms. The zero-order chi connectivity index (χ0) is 18.0. The summed E-state index contributed by atoms with van der Waals surface area (Å²) in [6.45, 7) is 8.23. The smallest absolute Gasteiger partial charge is 0.425 e. The number of rotatable bonds is 4. The molecule has 3 atom stereocenters. The highest BCUT2D eigenvalue weighted by Crippen LogP contribution is 2.55. The summed E-state index contributed by atoms with van der Waals surface area (Å²) in [5, 5.41) is 3.85. The molecular weight excluding hydrogens is 312 g/mol. The number of ether oxygens (including phenoxy) is 1. The molecule has 4 heteroatoms. The molecule has 2 aromatic carbocycles. The lowest BCUT2D eigenvalue weighted by Crippen LogP contribution is -2.40. The van der Waals surface area contributed by atoms with Crippen LogP contribution in [-0.2, 0) is 4.74 Å². The monoisotopic (exact) mass is 338 g/mol. The van der Waals surface area contributed by atoms with Crippen molar-refractivity contribution >= 4 is 6.09 Å². The Kier molecular flexibility index (Phi) is 4.82. The maximum Gasteiger partial charge on any atom is 0.425 e. The Labute approximate surface area is 150 Å². The fourth-order valence-electron chi connectivity index (χ4n) is 3.19. The van der Waals surface area contributed by atoms with Gasteiger partial charge >= 0.3 is 6.09 Å². The van der Waals surface area contributed by atoms with E-state index < -0.39 is 5.60 Å². The maximum absolute atomic E-state index is 12.7. The molecule has 0 aromatic heterocycles. The summed E-state index contributed by atoms with van der Waals surface area (Å²) in [5.74, 6) is 0. The number of nitrogens with zero attached hydrogens (tertiary/aromatic N) is 2. The molecule has 1 aliphatic heterocycles. The molecule has 0 radical (unpaired) electrons. The molecule has 0 spiro atoms. The van der Waals surface area contributed by atoms with Crippen molar-refractivity contribution in [3.8, 4) is 0 Å². The van der Waals surface area contributed by atoms with Crippen molar-refractivity contribution < 1.29 is 9.53 Å². The molecule has 4 nitrogen and oxygen atoms in total. The van der Waals surface area contributed by atoms with Crippen molar-refractivity contribution in [3.63, 3.8) is 0 Å². The second kappa shape index (κ2) is 6.89. The number of hydrazine groups is 1. The third kappa shape index (κ3) is 3.85. The van der Waals surface area contributed by atoms with Crippen molar-refractivity contribution in [1.29, 1.82) is 0 Å². The standard InChI is InChI=1S/C21H26N2O2/c1-5-22(20(24)25-21(2,3)4)23-18(16-12-8-6-9-13-16)19(23)17-14-10-7-11-15-17/h6-15,18-19H,5H2,1-4H3/t18-,19+,23?. The van der Waals surface area contributed by atoms with Gasteiger partial charge in [0.1, 0.15) is 5.60 Å². The Hall–Kier alpha value is -2.33. The molecule has 0 aliphatic carbocycles. The van der Waals surface area contributed by atoms with Crippen LogP contribution in [-0.4, -0.2) is 28.3 Å². The van der Waals surface area contributed by atoms with E-state index in [0.717, 1.165) is 0 Å². The number of carbonyl (C=O) groups excluding carboxylic acids is 1. The van der Waals surface area contributed by atoms with E-state index in [2.05, 4.69) is 29.3 Å². The number of hydrogen-bond donors (Lipinski definition) is 0. The van der Waals surface area contributed by atoms with Gasteiger partial charge < -0.3 is 4.74 Å². The van der Waals surface area contributed by atoms with Gasteiger partial charge in [-0.1, -0.05) is 60.7 Å². The van der Waals surface area contributed by atoms with E-state index >= 15 is 0 Å². The molecule has 1 heterocycles. The number of carbonyl (C=O) groups is 1. The highest BCUT2D eigenvalue weighted by atomic mass is 16.6. The lowest BCUT2D eigenvalue weighted by molar-refractivity contribution is -0.0132. The van der Waals surface area contributed by atoms with Crippen molar-refractivity contribution in [2.24, 2.45) is 0 Å². The first-order chi connectivity index (χ1) is 11.9. The first kappa shape index (κ1) is 17.5. The van der Waals surface area contributed by atoms with Crippen LogP contribution in [0.5, 0.6) is 0 Å². The first-order valence-corrected chi connectivity index (χ1v) is 8.81. The second-order valence-corrected chi connectivity index (χ2v) is 7.29. The highest BCUT2D eigenvalue weighted by molar-refractivity contribution is 5.68. The fraction of sp³-hybridized carbons (Fsp3) is 0.381. The Balaban J connectivity index is 1.89. The van der Waals surface area contributed by atoms with Gasteiger partial charge in [0.2, 0.25) is 0 Å². The van der Waals surface area contributed by atoms with Crippen LogP contribution >= 0.6 is 0 Å². The van der Waals surface area contributed by atoms with Crippen LogP contribution in [0.1, 0.15) is 50.9 Å². The minimum Gasteiger partial charge on any atom is -0.443 e. The lowest BCUT2D eigenvalue weighted by atomic mass is 10.0. The Morgan fingerprint density at radius 1 is 0.960 bits per heavy atom. The maximum atomic E-state index is 12.7. The molecule has 1 amide bonds. The highest BCUT2D eigenvalue weighted by Gasteiger charge is 2.54. The number of amides is 1. The van der Waals surface area contributed by atoms with E-state index in [1.807, 2.05) is 64.1 Å². The largest absolute Gasteiger partial charge is 0.443 e. The summed E-state index contributed by atoms with van der Waals surface area (Å²) in [7, 11) is 0. The van der Waals surface area contributed by atoms with Crippen molar-refractivity contribution in [2.45, 2.75) is 45.4 Å². The van der Waals surface area contributed by atoms with E-state index in [-0.39, 0.29) is 18.2 Å². The molecule has 0 bridgehead atoms. The number of hydrogen-bond acceptors (Lipinski definition) is 3. The molecule has 3 rings (SSSR count). The van der Waals surface area contributed by atoms with Gasteiger partial charge in [-0.25, -0.2) is 9.80 Å². The van der Waals surface area contributed by atoms with Crippen LogP contribution in [0.25, 0.3) is 0 Å². The lowest BCUT2D eigenvalue weighted by Gasteiger charge is -2.28. The summed E-state index contributed by atoms with van der Waals surface area (Å²) >= 11 is 0. The van der Waals surface area contributed by atoms with E-state index in [1.54, 1.807) is 5.01 Å². The van der Waals surface area contributed by atoms with Gasteiger partial charge in [0.05, 0.1) is 12.1 Å². The van der Waals surface area contributed by atoms with Crippen molar-refractivity contribution in [2.75, 3.05) is 6.54 Å². The topological polar surface area (TPSA) is 32.6 Å². The minimum absolute atomic E-state index is 0.149. The zero-order valence-electron chi connectivity index (χ0n) is 15.3. The van der Waals surface area contributed by atoms with Crippen molar-refractivity contribution in [1.82, 2.24) is 10.0 Å². The average molecular weight is 338 g/mol. The third-order valence-electron chi connectivity index (χ3n) is 4.24. The van der Waals surface area contributed by atoms with Gasteiger partial charge in [-0.15, -0.1) is 0 Å². The van der Waals surface area contributed by atoms with Crippen LogP contribution in [0.4, 0.5) is 4.79 Å². The zero-order valence-corrected chi connectivity index (χ0v) is 15.3. The molecule has 1 saturated heterocycles. The minimum atomic E-state index is -0.509. The van der Waals surface area contributed by atoms with Gasteiger partial charge in [0.25, 0.3) is 0 Å². The molecule has 132 valence electrons. The van der Waals surface area contributed by atoms with Gasteiger partial charge in [0.15, 0.2) is 0 Å². The van der Waals surface area contributed by atoms with Crippen LogP contribution in [0.15, 0.2) is 60.7 Å². The van der Waals surface area contributed by atoms with Crippen LogP contribution in [0, 0.1) is 0 Å². The van der Waals surface area contributed by atoms with Crippen LogP contribution in [0.3, 0.4) is 0 Å². The summed E-state index contributed by atoms with van der Waals surface area (Å²) < 4.78 is 5.61. The van der Waals surface area contributed by atoms with Gasteiger partial charge in [0, 0.05) is 6.54 Å². The third-order valence-corrected chi connectivity index (χ3v) is 4.24. The molecule has 1 unspecified atom stereocenters. The molecule has 1 fully saturated rings. The van der Waals surface area contributed by atoms with E-state index in [9.17, 15) is 4.79 Å². The average Bonchev–Trinajstić information content (AvgIpc) is 3.30. The van der Waals surface area contributed by atoms with E-state index in [4.69, 9.17) is 4.74 Å². The number of benzene rings is 2. The molecule has 0 N–H and O–H groups in total. The Morgan fingerprint density at radius 3 is 1.76 bits per heavy atom. The van der Waals surface area contributed by atoms with Gasteiger partial charge in [-0.2, -0.15) is 5.01 Å². The van der Waals surface area contributed by atoms with Gasteiger partial charge in [-0.05, 0) is 38.8 Å². The first-order valence-electron chi connectivity index (χ1n) is 8.81. The predicted octanol–water partition coefficient (Wildman–Crippen LogP) is 4.96. The fourth-order valence-corrected chi connectivity index (χ4v) is 3.19. The van der Waals surface area contributed by atoms with Crippen LogP contribution in [0.2, 0.25) is 0 Å². The molecule has 0 saturated carbocycles. The van der Waals surface area contributed by atoms with E-state index in [1.165, 1.54) is 11.1 Å². The summed E-state index contributed by atoms with van der Waals surface area (Å²) in [6.07, 6.45) is -0.297. The van der Waals surface area contributed by atoms with E-state index in [0.29, 0.717) is 6.54 Å². The normalized spacial score (nSPS) is 22.3. The predicted molar refractivity (Wildman–Crippen MR) is 98.8 cm³/mol. The van der Waals surface area contributed by atoms with Gasteiger partial charge in [-0.3, -0.25) is 0 Å². The second-order valence-electron chi connectivity index (χ2n) is 7.29. The Morgan fingerprint density at radius 2 is 1.40 bits per heavy atom. The molecular formula is C21H26N2O2. The quantitative estimate of drug-likeness (QED) is 0.739. The summed E-state index contributed by atoms with van der Waals surface area (Å²) in [5.41, 5.74) is 1.90. The summed E-state index contributed by atoms with van der Waals surface area (Å²) in [6, 6.07) is 20.9. The molecule has 1 aliphatic rings. The molecule has 2 aromatic rings. The summed E-state index contributed by atoms with van der Waals surface area (Å²) in [4.78, 5) is 12.7. The van der Waals surface area contributed by atoms with Crippen molar-refractivity contribution in [3.05, 3.63) is 71.8 Å². The Bertz CT molecular complexity index is 664.